The van der Waals surface area contributed by atoms with Crippen molar-refractivity contribution in [3.05, 3.63) is 41.7 Å². The standard InChI is InChI=1S/C11H9F5O/c1-4-11(2,3)17-10-8(15)6(13)5(12)7(14)9(10)16/h4H,1H2,2-3H3. The molecule has 0 aliphatic carbocycles. The van der Waals surface area contributed by atoms with E-state index < -0.39 is 40.4 Å². The van der Waals surface area contributed by atoms with Gasteiger partial charge in [-0.2, -0.15) is 8.78 Å². The molecule has 0 fully saturated rings. The highest BCUT2D eigenvalue weighted by molar-refractivity contribution is 5.30. The van der Waals surface area contributed by atoms with Crippen molar-refractivity contribution in [2.24, 2.45) is 0 Å². The van der Waals surface area contributed by atoms with Gasteiger partial charge < -0.3 is 4.74 Å². The van der Waals surface area contributed by atoms with Gasteiger partial charge in [0.15, 0.2) is 5.75 Å². The quantitative estimate of drug-likeness (QED) is 0.345. The lowest BCUT2D eigenvalue weighted by molar-refractivity contribution is 0.141. The highest BCUT2D eigenvalue weighted by atomic mass is 19.2. The maximum atomic E-state index is 13.2. The summed E-state index contributed by atoms with van der Waals surface area (Å²) in [7, 11) is 0. The first-order valence-electron chi connectivity index (χ1n) is 4.55. The van der Waals surface area contributed by atoms with Crippen molar-refractivity contribution < 1.29 is 26.7 Å². The molecule has 1 aromatic rings. The molecular formula is C11H9F5O. The highest BCUT2D eigenvalue weighted by Crippen LogP contribution is 2.31. The van der Waals surface area contributed by atoms with E-state index >= 15 is 0 Å². The van der Waals surface area contributed by atoms with E-state index in [2.05, 4.69) is 6.58 Å². The Labute approximate surface area is 94.5 Å². The van der Waals surface area contributed by atoms with Crippen molar-refractivity contribution in [2.75, 3.05) is 0 Å². The minimum Gasteiger partial charge on any atom is -0.477 e. The number of hydrogen-bond acceptors (Lipinski definition) is 1. The van der Waals surface area contributed by atoms with Gasteiger partial charge in [0.05, 0.1) is 0 Å². The average Bonchev–Trinajstić information content (AvgIpc) is 2.30. The Bertz CT molecular complexity index is 438. The Kier molecular flexibility index (Phi) is 3.45. The fourth-order valence-electron chi connectivity index (χ4n) is 0.979. The summed E-state index contributed by atoms with van der Waals surface area (Å²) in [4.78, 5) is 0. The molecule has 17 heavy (non-hydrogen) atoms. The van der Waals surface area contributed by atoms with E-state index in [0.717, 1.165) is 0 Å². The fourth-order valence-corrected chi connectivity index (χ4v) is 0.979. The van der Waals surface area contributed by atoms with Crippen LogP contribution in [0.25, 0.3) is 0 Å². The van der Waals surface area contributed by atoms with Gasteiger partial charge in [-0.3, -0.25) is 0 Å². The van der Waals surface area contributed by atoms with Crippen molar-refractivity contribution in [2.45, 2.75) is 19.4 Å². The van der Waals surface area contributed by atoms with E-state index in [1.165, 1.54) is 19.9 Å². The molecule has 6 heteroatoms. The average molecular weight is 252 g/mol. The maximum absolute atomic E-state index is 13.2. The summed E-state index contributed by atoms with van der Waals surface area (Å²) in [6.07, 6.45) is 1.17. The van der Waals surface area contributed by atoms with Gasteiger partial charge in [0.2, 0.25) is 29.1 Å². The van der Waals surface area contributed by atoms with E-state index in [9.17, 15) is 22.0 Å². The third kappa shape index (κ3) is 2.40. The summed E-state index contributed by atoms with van der Waals surface area (Å²) in [5.41, 5.74) is -1.27. The number of hydrogen-bond donors (Lipinski definition) is 0. The molecule has 94 valence electrons. The minimum atomic E-state index is -2.22. The third-order valence-electron chi connectivity index (χ3n) is 2.03. The molecule has 1 aromatic carbocycles. The first kappa shape index (κ1) is 13.5. The lowest BCUT2D eigenvalue weighted by Crippen LogP contribution is -2.26. The Morgan fingerprint density at radius 1 is 0.882 bits per heavy atom. The Morgan fingerprint density at radius 2 is 1.24 bits per heavy atom. The molecule has 0 unspecified atom stereocenters. The Balaban J connectivity index is 3.40. The molecule has 0 N–H and O–H groups in total. The van der Waals surface area contributed by atoms with Gasteiger partial charge in [-0.25, -0.2) is 13.2 Å². The molecule has 1 rings (SSSR count). The molecule has 0 aromatic heterocycles. The molecule has 0 bridgehead atoms. The summed E-state index contributed by atoms with van der Waals surface area (Å²) < 4.78 is 69.4. The zero-order valence-electron chi connectivity index (χ0n) is 9.08. The van der Waals surface area contributed by atoms with Crippen LogP contribution in [0.5, 0.6) is 5.75 Å². The predicted octanol–water partition coefficient (Wildman–Crippen LogP) is 3.73. The maximum Gasteiger partial charge on any atom is 0.207 e. The first-order valence-corrected chi connectivity index (χ1v) is 4.55. The second-order valence-corrected chi connectivity index (χ2v) is 3.81. The van der Waals surface area contributed by atoms with Crippen LogP contribution in [-0.2, 0) is 0 Å². The molecule has 0 amide bonds. The van der Waals surface area contributed by atoms with Gasteiger partial charge in [-0.1, -0.05) is 6.58 Å². The first-order chi connectivity index (χ1) is 7.71. The Hall–Kier alpha value is -1.59. The molecule has 1 nitrogen and oxygen atoms in total. The molecule has 0 saturated carbocycles. The molecule has 0 heterocycles. The van der Waals surface area contributed by atoms with Crippen LogP contribution in [0.2, 0.25) is 0 Å². The summed E-state index contributed by atoms with van der Waals surface area (Å²) >= 11 is 0. The van der Waals surface area contributed by atoms with E-state index in [1.807, 2.05) is 0 Å². The van der Waals surface area contributed by atoms with E-state index in [-0.39, 0.29) is 0 Å². The highest BCUT2D eigenvalue weighted by Gasteiger charge is 2.29. The van der Waals surface area contributed by atoms with Crippen molar-refractivity contribution in [1.29, 1.82) is 0 Å². The minimum absolute atomic E-state index is 1.17. The largest absolute Gasteiger partial charge is 0.477 e. The molecule has 0 atom stereocenters. The van der Waals surface area contributed by atoms with Crippen LogP contribution < -0.4 is 4.74 Å². The molecule has 0 aliphatic rings. The molecule has 0 saturated heterocycles. The van der Waals surface area contributed by atoms with Crippen molar-refractivity contribution in [1.82, 2.24) is 0 Å². The van der Waals surface area contributed by atoms with Gasteiger partial charge in [-0.05, 0) is 19.9 Å². The summed E-state index contributed by atoms with van der Waals surface area (Å²) in [6.45, 7) is 6.04. The van der Waals surface area contributed by atoms with Crippen molar-refractivity contribution >= 4 is 0 Å². The molecule has 0 spiro atoms. The second-order valence-electron chi connectivity index (χ2n) is 3.81. The van der Waals surface area contributed by atoms with Gasteiger partial charge >= 0.3 is 0 Å². The molecule has 0 radical (unpaired) electrons. The third-order valence-corrected chi connectivity index (χ3v) is 2.03. The lowest BCUT2D eigenvalue weighted by atomic mass is 10.1. The second kappa shape index (κ2) is 4.35. The van der Waals surface area contributed by atoms with Crippen LogP contribution in [0.1, 0.15) is 13.8 Å². The van der Waals surface area contributed by atoms with E-state index in [0.29, 0.717) is 0 Å². The van der Waals surface area contributed by atoms with Crippen LogP contribution in [-0.4, -0.2) is 5.60 Å². The van der Waals surface area contributed by atoms with Gasteiger partial charge in [0.1, 0.15) is 5.60 Å². The van der Waals surface area contributed by atoms with Crippen LogP contribution >= 0.6 is 0 Å². The molecule has 0 aliphatic heterocycles. The van der Waals surface area contributed by atoms with Crippen molar-refractivity contribution in [3.63, 3.8) is 0 Å². The zero-order valence-corrected chi connectivity index (χ0v) is 9.08. The van der Waals surface area contributed by atoms with Crippen molar-refractivity contribution in [3.8, 4) is 5.75 Å². The zero-order chi connectivity index (χ0) is 13.4. The van der Waals surface area contributed by atoms with Crippen LogP contribution in [0.3, 0.4) is 0 Å². The van der Waals surface area contributed by atoms with Gasteiger partial charge in [0, 0.05) is 0 Å². The monoisotopic (exact) mass is 252 g/mol. The van der Waals surface area contributed by atoms with Crippen LogP contribution in [0.15, 0.2) is 12.7 Å². The van der Waals surface area contributed by atoms with E-state index in [4.69, 9.17) is 4.74 Å². The number of rotatable bonds is 3. The van der Waals surface area contributed by atoms with E-state index in [1.54, 1.807) is 0 Å². The SMILES string of the molecule is C=CC(C)(C)Oc1c(F)c(F)c(F)c(F)c1F. The Morgan fingerprint density at radius 3 is 1.59 bits per heavy atom. The topological polar surface area (TPSA) is 9.23 Å². The fraction of sp³-hybridized carbons (Fsp3) is 0.273. The van der Waals surface area contributed by atoms with Crippen LogP contribution in [0.4, 0.5) is 22.0 Å². The lowest BCUT2D eigenvalue weighted by Gasteiger charge is -2.23. The molecular weight excluding hydrogens is 243 g/mol. The summed E-state index contributed by atoms with van der Waals surface area (Å²) in [5, 5.41) is 0. The van der Waals surface area contributed by atoms with Crippen LogP contribution in [0, 0.1) is 29.1 Å². The normalized spacial score (nSPS) is 11.5. The predicted molar refractivity (Wildman–Crippen MR) is 51.1 cm³/mol. The summed E-state index contributed by atoms with van der Waals surface area (Å²) in [5.74, 6) is -11.6. The van der Waals surface area contributed by atoms with Gasteiger partial charge in [0.25, 0.3) is 0 Å². The number of benzene rings is 1. The number of halogens is 5. The smallest absolute Gasteiger partial charge is 0.207 e. The number of ether oxygens (including phenoxy) is 1. The van der Waals surface area contributed by atoms with Gasteiger partial charge in [-0.15, -0.1) is 0 Å². The summed E-state index contributed by atoms with van der Waals surface area (Å²) in [6, 6.07) is 0.